The molecular formula is C15H31N3. The lowest BCUT2D eigenvalue weighted by atomic mass is 9.90. The fourth-order valence-electron chi connectivity index (χ4n) is 3.80. The van der Waals surface area contributed by atoms with Gasteiger partial charge in [-0.2, -0.15) is 0 Å². The number of likely N-dealkylation sites (N-methyl/N-ethyl adjacent to an activating group) is 2. The Balaban J connectivity index is 1.76. The van der Waals surface area contributed by atoms with E-state index >= 15 is 0 Å². The van der Waals surface area contributed by atoms with Crippen LogP contribution < -0.4 is 5.32 Å². The van der Waals surface area contributed by atoms with E-state index in [1.165, 1.54) is 58.2 Å². The minimum absolute atomic E-state index is 0.772. The summed E-state index contributed by atoms with van der Waals surface area (Å²) in [6.07, 6.45) is 8.27. The van der Waals surface area contributed by atoms with Crippen LogP contribution in [0.25, 0.3) is 0 Å². The average molecular weight is 253 g/mol. The number of hydrogen-bond acceptors (Lipinski definition) is 3. The second-order valence-corrected chi connectivity index (χ2v) is 6.16. The molecule has 0 aromatic rings. The van der Waals surface area contributed by atoms with E-state index in [-0.39, 0.29) is 0 Å². The van der Waals surface area contributed by atoms with Gasteiger partial charge in [0.25, 0.3) is 0 Å². The summed E-state index contributed by atoms with van der Waals surface area (Å²) in [6, 6.07) is 2.42. The first-order valence-electron chi connectivity index (χ1n) is 7.86. The summed E-state index contributed by atoms with van der Waals surface area (Å²) in [5, 5.41) is 3.43. The van der Waals surface area contributed by atoms with Gasteiger partial charge in [-0.25, -0.2) is 0 Å². The molecule has 1 heterocycles. The number of rotatable bonds is 5. The number of hydrogen-bond donors (Lipinski definition) is 1. The topological polar surface area (TPSA) is 18.5 Å². The van der Waals surface area contributed by atoms with Crippen LogP contribution in [0.5, 0.6) is 0 Å². The van der Waals surface area contributed by atoms with Crippen LogP contribution in [0.15, 0.2) is 0 Å². The highest BCUT2D eigenvalue weighted by Gasteiger charge is 2.28. The van der Waals surface area contributed by atoms with E-state index in [2.05, 4.69) is 36.1 Å². The molecule has 0 spiro atoms. The van der Waals surface area contributed by atoms with Crippen LogP contribution in [0.2, 0.25) is 0 Å². The molecule has 1 unspecified atom stereocenters. The minimum atomic E-state index is 0.772. The summed E-state index contributed by atoms with van der Waals surface area (Å²) in [6.45, 7) is 6.13. The molecule has 2 fully saturated rings. The molecule has 0 aromatic carbocycles. The zero-order chi connectivity index (χ0) is 13.0. The van der Waals surface area contributed by atoms with E-state index in [0.29, 0.717) is 0 Å². The van der Waals surface area contributed by atoms with E-state index in [9.17, 15) is 0 Å². The second-order valence-electron chi connectivity index (χ2n) is 6.16. The van der Waals surface area contributed by atoms with Gasteiger partial charge in [0.1, 0.15) is 0 Å². The molecule has 1 N–H and O–H groups in total. The Labute approximate surface area is 113 Å². The fourth-order valence-corrected chi connectivity index (χ4v) is 3.80. The highest BCUT2D eigenvalue weighted by atomic mass is 15.2. The normalized spacial score (nSPS) is 34.3. The summed E-state index contributed by atoms with van der Waals surface area (Å²) >= 11 is 0. The Morgan fingerprint density at radius 3 is 2.50 bits per heavy atom. The maximum atomic E-state index is 3.43. The molecule has 1 saturated heterocycles. The van der Waals surface area contributed by atoms with Crippen molar-refractivity contribution in [3.63, 3.8) is 0 Å². The number of likely N-dealkylation sites (tertiary alicyclic amines) is 1. The minimum Gasteiger partial charge on any atom is -0.317 e. The first-order chi connectivity index (χ1) is 8.74. The van der Waals surface area contributed by atoms with Crippen molar-refractivity contribution in [2.45, 2.75) is 63.6 Å². The lowest BCUT2D eigenvalue weighted by Gasteiger charge is -2.37. The molecule has 2 aliphatic rings. The number of nitrogens with zero attached hydrogens (tertiary/aromatic N) is 2. The van der Waals surface area contributed by atoms with Crippen LogP contribution in [0.1, 0.15) is 45.4 Å². The number of nitrogens with one attached hydrogen (secondary N) is 1. The van der Waals surface area contributed by atoms with Crippen molar-refractivity contribution in [3.8, 4) is 0 Å². The highest BCUT2D eigenvalue weighted by molar-refractivity contribution is 4.85. The molecule has 3 nitrogen and oxygen atoms in total. The van der Waals surface area contributed by atoms with Crippen molar-refractivity contribution in [1.29, 1.82) is 0 Å². The van der Waals surface area contributed by atoms with Gasteiger partial charge in [-0.3, -0.25) is 4.90 Å². The van der Waals surface area contributed by atoms with Gasteiger partial charge in [0, 0.05) is 24.7 Å². The Morgan fingerprint density at radius 2 is 1.89 bits per heavy atom. The van der Waals surface area contributed by atoms with Gasteiger partial charge in [-0.15, -0.1) is 0 Å². The molecule has 2 rings (SSSR count). The monoisotopic (exact) mass is 253 g/mol. The van der Waals surface area contributed by atoms with E-state index in [0.717, 1.165) is 18.1 Å². The largest absolute Gasteiger partial charge is 0.317 e. The summed E-state index contributed by atoms with van der Waals surface area (Å²) in [4.78, 5) is 5.31. The molecule has 0 aromatic heterocycles. The first kappa shape index (κ1) is 14.3. The van der Waals surface area contributed by atoms with E-state index < -0.39 is 0 Å². The average Bonchev–Trinajstić information content (AvgIpc) is 2.86. The molecule has 1 aliphatic carbocycles. The fraction of sp³-hybridized carbons (Fsp3) is 1.00. The zero-order valence-corrected chi connectivity index (χ0v) is 12.5. The van der Waals surface area contributed by atoms with Crippen molar-refractivity contribution in [2.24, 2.45) is 0 Å². The van der Waals surface area contributed by atoms with Gasteiger partial charge < -0.3 is 10.2 Å². The zero-order valence-electron chi connectivity index (χ0n) is 12.5. The van der Waals surface area contributed by atoms with E-state index in [1.807, 2.05) is 0 Å². The molecule has 106 valence electrons. The third-order valence-electron chi connectivity index (χ3n) is 5.13. The van der Waals surface area contributed by atoms with Crippen molar-refractivity contribution in [1.82, 2.24) is 15.1 Å². The first-order valence-corrected chi connectivity index (χ1v) is 7.86. The Kier molecular flexibility index (Phi) is 5.46. The summed E-state index contributed by atoms with van der Waals surface area (Å²) in [5.74, 6) is 0. The Bertz CT molecular complexity index is 236. The molecule has 0 amide bonds. The molecule has 0 radical (unpaired) electrons. The van der Waals surface area contributed by atoms with Crippen LogP contribution in [-0.2, 0) is 0 Å². The van der Waals surface area contributed by atoms with Crippen LogP contribution in [0, 0.1) is 0 Å². The van der Waals surface area contributed by atoms with Crippen LogP contribution in [-0.4, -0.2) is 61.7 Å². The maximum absolute atomic E-state index is 3.43. The van der Waals surface area contributed by atoms with Gasteiger partial charge in [0.15, 0.2) is 0 Å². The van der Waals surface area contributed by atoms with Crippen molar-refractivity contribution in [2.75, 3.05) is 33.7 Å². The summed E-state index contributed by atoms with van der Waals surface area (Å²) in [5.41, 5.74) is 0. The lowest BCUT2D eigenvalue weighted by molar-refractivity contribution is 0.132. The second kappa shape index (κ2) is 6.88. The van der Waals surface area contributed by atoms with Gasteiger partial charge in [0.2, 0.25) is 0 Å². The van der Waals surface area contributed by atoms with Gasteiger partial charge in [0.05, 0.1) is 0 Å². The standard InChI is InChI=1S/C15H31N3/c1-4-18-11-5-6-15(18)12-17(3)14-9-7-13(16-2)8-10-14/h13-16H,4-12H2,1-3H3. The molecule has 3 heteroatoms. The van der Waals surface area contributed by atoms with E-state index in [4.69, 9.17) is 0 Å². The molecule has 1 atom stereocenters. The smallest absolute Gasteiger partial charge is 0.0223 e. The Morgan fingerprint density at radius 1 is 1.17 bits per heavy atom. The molecule has 1 saturated carbocycles. The van der Waals surface area contributed by atoms with Crippen LogP contribution in [0.4, 0.5) is 0 Å². The van der Waals surface area contributed by atoms with Crippen LogP contribution in [0.3, 0.4) is 0 Å². The summed E-state index contributed by atoms with van der Waals surface area (Å²) in [7, 11) is 4.45. The predicted molar refractivity (Wildman–Crippen MR) is 78.0 cm³/mol. The van der Waals surface area contributed by atoms with Gasteiger partial charge in [-0.05, 0) is 65.7 Å². The maximum Gasteiger partial charge on any atom is 0.0223 e. The molecule has 0 bridgehead atoms. The Hall–Kier alpha value is -0.120. The van der Waals surface area contributed by atoms with Crippen molar-refractivity contribution >= 4 is 0 Å². The van der Waals surface area contributed by atoms with Gasteiger partial charge in [-0.1, -0.05) is 6.92 Å². The summed E-state index contributed by atoms with van der Waals surface area (Å²) < 4.78 is 0. The SMILES string of the molecule is CCN1CCCC1CN(C)C1CCC(NC)CC1. The molecule has 18 heavy (non-hydrogen) atoms. The molecular weight excluding hydrogens is 222 g/mol. The van der Waals surface area contributed by atoms with Crippen molar-refractivity contribution < 1.29 is 0 Å². The van der Waals surface area contributed by atoms with Crippen molar-refractivity contribution in [3.05, 3.63) is 0 Å². The highest BCUT2D eigenvalue weighted by Crippen LogP contribution is 2.24. The van der Waals surface area contributed by atoms with Crippen LogP contribution >= 0.6 is 0 Å². The predicted octanol–water partition coefficient (Wildman–Crippen LogP) is 1.93. The molecule has 1 aliphatic heterocycles. The quantitative estimate of drug-likeness (QED) is 0.808. The van der Waals surface area contributed by atoms with Gasteiger partial charge >= 0.3 is 0 Å². The van der Waals surface area contributed by atoms with E-state index in [1.54, 1.807) is 0 Å². The third kappa shape index (κ3) is 3.46. The lowest BCUT2D eigenvalue weighted by Crippen LogP contribution is -2.45. The third-order valence-corrected chi connectivity index (χ3v) is 5.13.